The van der Waals surface area contributed by atoms with Crippen LogP contribution >= 0.6 is 23.2 Å². The molecule has 140 valence electrons. The molecule has 1 amide bonds. The van der Waals surface area contributed by atoms with E-state index in [0.717, 1.165) is 10.6 Å². The first kappa shape index (κ1) is 20.4. The normalized spacial score (nSPS) is 11.1. The molecular weight excluding hydrogens is 399 g/mol. The van der Waals surface area contributed by atoms with Crippen molar-refractivity contribution in [2.45, 2.75) is 6.92 Å². The number of rotatable bonds is 6. The van der Waals surface area contributed by atoms with Gasteiger partial charge in [0.2, 0.25) is 15.9 Å². The zero-order valence-corrected chi connectivity index (χ0v) is 16.7. The monoisotopic (exact) mass is 416 g/mol. The summed E-state index contributed by atoms with van der Waals surface area (Å²) in [5, 5.41) is 3.42. The Labute approximate surface area is 162 Å². The maximum absolute atomic E-state index is 12.4. The van der Waals surface area contributed by atoms with Gasteiger partial charge < -0.3 is 10.1 Å². The highest BCUT2D eigenvalue weighted by Crippen LogP contribution is 2.30. The van der Waals surface area contributed by atoms with Crippen LogP contribution in [0.1, 0.15) is 5.56 Å². The summed E-state index contributed by atoms with van der Waals surface area (Å²) in [7, 11) is -2.26. The van der Waals surface area contributed by atoms with E-state index >= 15 is 0 Å². The van der Waals surface area contributed by atoms with Crippen LogP contribution in [0.2, 0.25) is 10.0 Å². The minimum Gasteiger partial charge on any atom is -0.495 e. The van der Waals surface area contributed by atoms with E-state index in [0.29, 0.717) is 22.0 Å². The number of carbonyl (C=O) groups is 1. The van der Waals surface area contributed by atoms with Crippen molar-refractivity contribution in [3.8, 4) is 5.75 Å². The summed E-state index contributed by atoms with van der Waals surface area (Å²) in [6, 6.07) is 9.57. The fraction of sp³-hybridized carbons (Fsp3) is 0.235. The van der Waals surface area contributed by atoms with Crippen LogP contribution in [0.25, 0.3) is 0 Å². The minimum atomic E-state index is -3.71. The van der Waals surface area contributed by atoms with Gasteiger partial charge in [0.05, 0.1) is 24.1 Å². The van der Waals surface area contributed by atoms with Crippen LogP contribution in [0.3, 0.4) is 0 Å². The average Bonchev–Trinajstić information content (AvgIpc) is 2.56. The number of benzene rings is 2. The maximum atomic E-state index is 12.4. The standard InChI is InChI=1S/C17H18Cl2N2O4S/c1-11-13(18)5-4-6-15(11)20-17(22)10-21(26(3,23)24)12-7-8-16(25-2)14(19)9-12/h4-9H,10H2,1-3H3,(H,20,22). The molecule has 0 spiro atoms. The highest BCUT2D eigenvalue weighted by molar-refractivity contribution is 7.92. The second-order valence-electron chi connectivity index (χ2n) is 5.55. The van der Waals surface area contributed by atoms with Gasteiger partial charge in [-0.2, -0.15) is 0 Å². The number of sulfonamides is 1. The summed E-state index contributed by atoms with van der Waals surface area (Å²) < 4.78 is 30.3. The summed E-state index contributed by atoms with van der Waals surface area (Å²) >= 11 is 12.1. The molecule has 0 aliphatic heterocycles. The Bertz CT molecular complexity index is 932. The van der Waals surface area contributed by atoms with E-state index in [1.807, 2.05) is 0 Å². The van der Waals surface area contributed by atoms with Gasteiger partial charge in [-0.05, 0) is 42.8 Å². The van der Waals surface area contributed by atoms with Crippen molar-refractivity contribution in [3.05, 3.63) is 52.0 Å². The van der Waals surface area contributed by atoms with Gasteiger partial charge in [0.15, 0.2) is 0 Å². The third kappa shape index (κ3) is 4.81. The third-order valence-electron chi connectivity index (χ3n) is 3.65. The zero-order chi connectivity index (χ0) is 19.5. The molecule has 0 fully saturated rings. The van der Waals surface area contributed by atoms with Crippen LogP contribution in [0, 0.1) is 6.92 Å². The molecule has 9 heteroatoms. The molecule has 0 atom stereocenters. The number of hydrogen-bond donors (Lipinski definition) is 1. The highest BCUT2D eigenvalue weighted by Gasteiger charge is 2.22. The van der Waals surface area contributed by atoms with Gasteiger partial charge >= 0.3 is 0 Å². The van der Waals surface area contributed by atoms with Gasteiger partial charge in [-0.3, -0.25) is 9.10 Å². The van der Waals surface area contributed by atoms with Crippen molar-refractivity contribution in [1.82, 2.24) is 0 Å². The van der Waals surface area contributed by atoms with Gasteiger partial charge in [0, 0.05) is 10.7 Å². The number of carbonyl (C=O) groups excluding carboxylic acids is 1. The van der Waals surface area contributed by atoms with Crippen molar-refractivity contribution in [1.29, 1.82) is 0 Å². The van der Waals surface area contributed by atoms with E-state index in [9.17, 15) is 13.2 Å². The number of hydrogen-bond acceptors (Lipinski definition) is 4. The van der Waals surface area contributed by atoms with Crippen LogP contribution in [-0.2, 0) is 14.8 Å². The first-order valence-corrected chi connectivity index (χ1v) is 10.1. The number of nitrogens with zero attached hydrogens (tertiary/aromatic N) is 1. The largest absolute Gasteiger partial charge is 0.495 e. The van der Waals surface area contributed by atoms with Crippen LogP contribution in [0.15, 0.2) is 36.4 Å². The summed E-state index contributed by atoms with van der Waals surface area (Å²) in [6.45, 7) is 1.35. The number of amides is 1. The first-order valence-electron chi connectivity index (χ1n) is 7.49. The fourth-order valence-corrected chi connectivity index (χ4v) is 3.55. The molecule has 26 heavy (non-hydrogen) atoms. The lowest BCUT2D eigenvalue weighted by molar-refractivity contribution is -0.114. The average molecular weight is 417 g/mol. The van der Waals surface area contributed by atoms with Crippen LogP contribution in [-0.4, -0.2) is 34.2 Å². The lowest BCUT2D eigenvalue weighted by Gasteiger charge is -2.22. The second kappa shape index (κ2) is 8.16. The predicted molar refractivity (Wildman–Crippen MR) is 105 cm³/mol. The molecule has 0 unspecified atom stereocenters. The number of anilines is 2. The third-order valence-corrected chi connectivity index (χ3v) is 5.50. The molecule has 0 radical (unpaired) electrons. The van der Waals surface area contributed by atoms with Gasteiger partial charge in [-0.15, -0.1) is 0 Å². The molecular formula is C17H18Cl2N2O4S. The SMILES string of the molecule is COc1ccc(N(CC(=O)Nc2cccc(Cl)c2C)S(C)(=O)=O)cc1Cl. The number of halogens is 2. The summed E-state index contributed by atoms with van der Waals surface area (Å²) in [5.41, 5.74) is 1.47. The summed E-state index contributed by atoms with van der Waals surface area (Å²) in [6.07, 6.45) is 1.02. The molecule has 2 aromatic carbocycles. The van der Waals surface area contributed by atoms with Crippen LogP contribution < -0.4 is 14.4 Å². The molecule has 0 saturated carbocycles. The topological polar surface area (TPSA) is 75.7 Å². The maximum Gasteiger partial charge on any atom is 0.245 e. The Morgan fingerprint density at radius 3 is 2.46 bits per heavy atom. The zero-order valence-electron chi connectivity index (χ0n) is 14.4. The smallest absolute Gasteiger partial charge is 0.245 e. The molecule has 0 saturated heterocycles. The minimum absolute atomic E-state index is 0.241. The van der Waals surface area contributed by atoms with Gasteiger partial charge in [-0.1, -0.05) is 29.3 Å². The Morgan fingerprint density at radius 1 is 1.19 bits per heavy atom. The van der Waals surface area contributed by atoms with Crippen molar-refractivity contribution in [3.63, 3.8) is 0 Å². The number of ether oxygens (including phenoxy) is 1. The van der Waals surface area contributed by atoms with E-state index in [1.54, 1.807) is 25.1 Å². The lowest BCUT2D eigenvalue weighted by atomic mass is 10.2. The Hall–Kier alpha value is -1.96. The van der Waals surface area contributed by atoms with E-state index in [1.165, 1.54) is 25.3 Å². The van der Waals surface area contributed by atoms with Crippen molar-refractivity contribution >= 4 is 50.5 Å². The molecule has 1 N–H and O–H groups in total. The van der Waals surface area contributed by atoms with E-state index in [2.05, 4.69) is 5.32 Å². The molecule has 0 aliphatic rings. The first-order chi connectivity index (χ1) is 12.1. The molecule has 0 heterocycles. The van der Waals surface area contributed by atoms with Crippen molar-refractivity contribution < 1.29 is 17.9 Å². The summed E-state index contributed by atoms with van der Waals surface area (Å²) in [5.74, 6) is -0.101. The van der Waals surface area contributed by atoms with E-state index in [-0.39, 0.29) is 10.7 Å². The molecule has 2 aromatic rings. The van der Waals surface area contributed by atoms with E-state index < -0.39 is 22.5 Å². The molecule has 2 rings (SSSR count). The predicted octanol–water partition coefficient (Wildman–Crippen LogP) is 3.72. The fourth-order valence-electron chi connectivity index (χ4n) is 2.27. The van der Waals surface area contributed by atoms with Gasteiger partial charge in [0.25, 0.3) is 0 Å². The van der Waals surface area contributed by atoms with Crippen LogP contribution in [0.4, 0.5) is 11.4 Å². The molecule has 0 bridgehead atoms. The quantitative estimate of drug-likeness (QED) is 0.778. The Kier molecular flexibility index (Phi) is 6.39. The van der Waals surface area contributed by atoms with Crippen molar-refractivity contribution in [2.24, 2.45) is 0 Å². The number of nitrogens with one attached hydrogen (secondary N) is 1. The van der Waals surface area contributed by atoms with Crippen molar-refractivity contribution in [2.75, 3.05) is 29.5 Å². The molecule has 0 aromatic heterocycles. The van der Waals surface area contributed by atoms with Crippen LogP contribution in [0.5, 0.6) is 5.75 Å². The number of methoxy groups -OCH3 is 1. The van der Waals surface area contributed by atoms with E-state index in [4.69, 9.17) is 27.9 Å². The molecule has 6 nitrogen and oxygen atoms in total. The Balaban J connectivity index is 2.27. The summed E-state index contributed by atoms with van der Waals surface area (Å²) in [4.78, 5) is 12.4. The lowest BCUT2D eigenvalue weighted by Crippen LogP contribution is -2.37. The Morgan fingerprint density at radius 2 is 1.88 bits per heavy atom. The molecule has 0 aliphatic carbocycles. The highest BCUT2D eigenvalue weighted by atomic mass is 35.5. The second-order valence-corrected chi connectivity index (χ2v) is 8.27. The van der Waals surface area contributed by atoms with Gasteiger partial charge in [0.1, 0.15) is 12.3 Å². The van der Waals surface area contributed by atoms with Gasteiger partial charge in [-0.25, -0.2) is 8.42 Å².